The topological polar surface area (TPSA) is 19.6 Å². The van der Waals surface area contributed by atoms with Crippen molar-refractivity contribution in [2.24, 2.45) is 0 Å². The standard InChI is InChI=1S/C18H17FN2O/c1-11-4-6-15-14-7-5-13(19)10-16(14)22-18(15)17(11)21-9-8-20(3)12(21)2/h4-10,12H,1-3H3/t12-/m0/s1. The Labute approximate surface area is 128 Å². The van der Waals surface area contributed by atoms with Gasteiger partial charge >= 0.3 is 0 Å². The van der Waals surface area contributed by atoms with Crippen molar-refractivity contribution in [1.82, 2.24) is 4.90 Å². The molecule has 4 rings (SSSR count). The summed E-state index contributed by atoms with van der Waals surface area (Å²) in [5.74, 6) is -0.279. The lowest BCUT2D eigenvalue weighted by atomic mass is 10.1. The first-order chi connectivity index (χ1) is 10.6. The van der Waals surface area contributed by atoms with E-state index in [4.69, 9.17) is 4.42 Å². The van der Waals surface area contributed by atoms with E-state index in [0.29, 0.717) is 5.58 Å². The van der Waals surface area contributed by atoms with Crippen LogP contribution in [0.1, 0.15) is 12.5 Å². The van der Waals surface area contributed by atoms with Crippen molar-refractivity contribution in [2.75, 3.05) is 11.9 Å². The Morgan fingerprint density at radius 1 is 1.09 bits per heavy atom. The molecule has 3 aromatic rings. The first-order valence-corrected chi connectivity index (χ1v) is 7.36. The lowest BCUT2D eigenvalue weighted by Gasteiger charge is -2.28. The molecular formula is C18H17FN2O. The van der Waals surface area contributed by atoms with Crippen LogP contribution >= 0.6 is 0 Å². The molecule has 4 heteroatoms. The largest absolute Gasteiger partial charge is 0.454 e. The minimum Gasteiger partial charge on any atom is -0.454 e. The highest BCUT2D eigenvalue weighted by Crippen LogP contribution is 2.39. The number of nitrogens with zero attached hydrogens (tertiary/aromatic N) is 2. The molecule has 0 unspecified atom stereocenters. The third-order valence-corrected chi connectivity index (χ3v) is 4.49. The zero-order valence-corrected chi connectivity index (χ0v) is 12.8. The fourth-order valence-corrected chi connectivity index (χ4v) is 3.10. The monoisotopic (exact) mass is 296 g/mol. The smallest absolute Gasteiger partial charge is 0.159 e. The van der Waals surface area contributed by atoms with E-state index < -0.39 is 0 Å². The predicted molar refractivity (Wildman–Crippen MR) is 87.3 cm³/mol. The maximum Gasteiger partial charge on any atom is 0.159 e. The maximum atomic E-state index is 13.5. The molecule has 1 aliphatic heterocycles. The summed E-state index contributed by atoms with van der Waals surface area (Å²) >= 11 is 0. The van der Waals surface area contributed by atoms with Crippen molar-refractivity contribution in [2.45, 2.75) is 20.0 Å². The molecule has 1 aliphatic rings. The van der Waals surface area contributed by atoms with Gasteiger partial charge in [-0.15, -0.1) is 0 Å². The van der Waals surface area contributed by atoms with Gasteiger partial charge in [0.1, 0.15) is 17.6 Å². The Bertz CT molecular complexity index is 912. The van der Waals surface area contributed by atoms with Gasteiger partial charge in [0.25, 0.3) is 0 Å². The number of rotatable bonds is 1. The Hall–Kier alpha value is -2.49. The molecule has 3 nitrogen and oxygen atoms in total. The zero-order chi connectivity index (χ0) is 15.4. The van der Waals surface area contributed by atoms with Gasteiger partial charge < -0.3 is 14.2 Å². The van der Waals surface area contributed by atoms with Gasteiger partial charge in [-0.2, -0.15) is 0 Å². The Morgan fingerprint density at radius 2 is 1.86 bits per heavy atom. The molecule has 0 amide bonds. The molecule has 0 fully saturated rings. The van der Waals surface area contributed by atoms with E-state index in [1.807, 2.05) is 19.3 Å². The highest BCUT2D eigenvalue weighted by atomic mass is 19.1. The molecule has 1 aromatic heterocycles. The number of anilines is 1. The Morgan fingerprint density at radius 3 is 2.59 bits per heavy atom. The van der Waals surface area contributed by atoms with Crippen molar-refractivity contribution in [1.29, 1.82) is 0 Å². The number of fused-ring (bicyclic) bond motifs is 3. The third-order valence-electron chi connectivity index (χ3n) is 4.49. The molecule has 22 heavy (non-hydrogen) atoms. The normalized spacial score (nSPS) is 18.1. The van der Waals surface area contributed by atoms with Gasteiger partial charge in [0.15, 0.2) is 5.58 Å². The van der Waals surface area contributed by atoms with Crippen molar-refractivity contribution >= 4 is 27.6 Å². The molecule has 1 atom stereocenters. The molecule has 0 aliphatic carbocycles. The summed E-state index contributed by atoms with van der Waals surface area (Å²) in [6.45, 7) is 4.21. The number of benzene rings is 2. The first-order valence-electron chi connectivity index (χ1n) is 7.36. The summed E-state index contributed by atoms with van der Waals surface area (Å²) in [5.41, 5.74) is 3.58. The SMILES string of the molecule is Cc1ccc2c(oc3cc(F)ccc32)c1N1C=CN(C)[C@@H]1C. The molecule has 2 aromatic carbocycles. The van der Waals surface area contributed by atoms with Gasteiger partial charge in [-0.25, -0.2) is 4.39 Å². The molecular weight excluding hydrogens is 279 g/mol. The zero-order valence-electron chi connectivity index (χ0n) is 12.8. The molecule has 0 saturated heterocycles. The first kappa shape index (κ1) is 13.2. The number of hydrogen-bond acceptors (Lipinski definition) is 3. The van der Waals surface area contributed by atoms with Gasteiger partial charge in [0.2, 0.25) is 0 Å². The molecule has 0 bridgehead atoms. The van der Waals surface area contributed by atoms with Crippen LogP contribution in [0.2, 0.25) is 0 Å². The summed E-state index contributed by atoms with van der Waals surface area (Å²) in [5, 5.41) is 1.97. The second-order valence-corrected chi connectivity index (χ2v) is 5.85. The Kier molecular flexibility index (Phi) is 2.70. The molecule has 2 heterocycles. The minimum atomic E-state index is -0.279. The van der Waals surface area contributed by atoms with Crippen LogP contribution in [0.4, 0.5) is 10.1 Å². The van der Waals surface area contributed by atoms with Crippen LogP contribution in [0.25, 0.3) is 21.9 Å². The van der Waals surface area contributed by atoms with E-state index in [-0.39, 0.29) is 12.0 Å². The van der Waals surface area contributed by atoms with E-state index in [2.05, 4.69) is 35.9 Å². The number of aryl methyl sites for hydroxylation is 1. The van der Waals surface area contributed by atoms with E-state index in [1.165, 1.54) is 12.1 Å². The second kappa shape index (κ2) is 4.50. The van der Waals surface area contributed by atoms with Crippen LogP contribution in [0.3, 0.4) is 0 Å². The van der Waals surface area contributed by atoms with E-state index >= 15 is 0 Å². The average Bonchev–Trinajstić information content (AvgIpc) is 3.00. The number of hydrogen-bond donors (Lipinski definition) is 0. The van der Waals surface area contributed by atoms with Crippen LogP contribution in [0, 0.1) is 12.7 Å². The highest BCUT2D eigenvalue weighted by molar-refractivity contribution is 6.09. The van der Waals surface area contributed by atoms with Gasteiger partial charge in [0.05, 0.1) is 5.69 Å². The Balaban J connectivity index is 2.03. The highest BCUT2D eigenvalue weighted by Gasteiger charge is 2.25. The number of furan rings is 1. The van der Waals surface area contributed by atoms with Gasteiger partial charge in [-0.1, -0.05) is 12.1 Å². The van der Waals surface area contributed by atoms with Crippen LogP contribution < -0.4 is 4.90 Å². The van der Waals surface area contributed by atoms with Crippen LogP contribution in [0.5, 0.6) is 0 Å². The molecule has 0 N–H and O–H groups in total. The van der Waals surface area contributed by atoms with Crippen molar-refractivity contribution in [3.05, 3.63) is 54.1 Å². The average molecular weight is 296 g/mol. The van der Waals surface area contributed by atoms with Crippen molar-refractivity contribution in [3.8, 4) is 0 Å². The molecule has 0 spiro atoms. The fraction of sp³-hybridized carbons (Fsp3) is 0.222. The van der Waals surface area contributed by atoms with Gasteiger partial charge in [-0.05, 0) is 31.5 Å². The second-order valence-electron chi connectivity index (χ2n) is 5.85. The van der Waals surface area contributed by atoms with E-state index in [1.54, 1.807) is 6.07 Å². The van der Waals surface area contributed by atoms with Crippen molar-refractivity contribution in [3.63, 3.8) is 0 Å². The van der Waals surface area contributed by atoms with Crippen molar-refractivity contribution < 1.29 is 8.81 Å². The molecule has 112 valence electrons. The summed E-state index contributed by atoms with van der Waals surface area (Å²) < 4.78 is 19.5. The van der Waals surface area contributed by atoms with E-state index in [9.17, 15) is 4.39 Å². The fourth-order valence-electron chi connectivity index (χ4n) is 3.10. The molecule has 0 radical (unpaired) electrons. The quantitative estimate of drug-likeness (QED) is 0.654. The van der Waals surface area contributed by atoms with Crippen LogP contribution in [-0.2, 0) is 0 Å². The third kappa shape index (κ3) is 1.73. The predicted octanol–water partition coefficient (Wildman–Crippen LogP) is 4.60. The lowest BCUT2D eigenvalue weighted by Crippen LogP contribution is -2.33. The van der Waals surface area contributed by atoms with Gasteiger partial charge in [-0.3, -0.25) is 0 Å². The number of halogens is 1. The summed E-state index contributed by atoms with van der Waals surface area (Å²) in [6, 6.07) is 8.85. The summed E-state index contributed by atoms with van der Waals surface area (Å²) in [7, 11) is 2.05. The lowest BCUT2D eigenvalue weighted by molar-refractivity contribution is 0.383. The molecule has 0 saturated carbocycles. The maximum absolute atomic E-state index is 13.5. The minimum absolute atomic E-state index is 0.217. The summed E-state index contributed by atoms with van der Waals surface area (Å²) in [4.78, 5) is 4.33. The summed E-state index contributed by atoms with van der Waals surface area (Å²) in [6.07, 6.45) is 4.32. The van der Waals surface area contributed by atoms with Crippen LogP contribution in [0.15, 0.2) is 47.1 Å². The van der Waals surface area contributed by atoms with Crippen LogP contribution in [-0.4, -0.2) is 18.1 Å². The van der Waals surface area contributed by atoms with Gasteiger partial charge in [0, 0.05) is 36.3 Å². The van der Waals surface area contributed by atoms with E-state index in [0.717, 1.165) is 27.6 Å².